The fourth-order valence-electron chi connectivity index (χ4n) is 2.08. The highest BCUT2D eigenvalue weighted by atomic mass is 16.2. The molecule has 0 fully saturated rings. The average Bonchev–Trinajstić information content (AvgIpc) is 2.55. The van der Waals surface area contributed by atoms with Crippen LogP contribution < -0.4 is 10.6 Å². The molecule has 0 aliphatic carbocycles. The van der Waals surface area contributed by atoms with Crippen molar-refractivity contribution in [2.45, 2.75) is 12.8 Å². The summed E-state index contributed by atoms with van der Waals surface area (Å²) in [6.07, 6.45) is 3.23. The largest absolute Gasteiger partial charge is 0.352 e. The van der Waals surface area contributed by atoms with Crippen LogP contribution in [0, 0.1) is 0 Å². The molecule has 24 heavy (non-hydrogen) atoms. The number of rotatable bonds is 10. The van der Waals surface area contributed by atoms with Crippen LogP contribution in [0.2, 0.25) is 0 Å². The van der Waals surface area contributed by atoms with Gasteiger partial charge in [-0.15, -0.1) is 0 Å². The smallest absolute Gasteiger partial charge is 0.269 e. The molecule has 1 aromatic rings. The quantitative estimate of drug-likeness (QED) is 0.607. The number of carbonyl (C=O) groups excluding carboxylic acids is 2. The number of hydrogen-bond donors (Lipinski definition) is 2. The van der Waals surface area contributed by atoms with Crippen LogP contribution in [0.5, 0.6) is 0 Å². The van der Waals surface area contributed by atoms with E-state index in [4.69, 9.17) is 0 Å². The summed E-state index contributed by atoms with van der Waals surface area (Å²) >= 11 is 0. The van der Waals surface area contributed by atoms with E-state index in [-0.39, 0.29) is 17.5 Å². The number of amides is 2. The Kier molecular flexibility index (Phi) is 8.96. The van der Waals surface area contributed by atoms with E-state index in [1.807, 2.05) is 28.2 Å². The van der Waals surface area contributed by atoms with E-state index in [1.54, 1.807) is 6.07 Å². The van der Waals surface area contributed by atoms with Gasteiger partial charge in [0.25, 0.3) is 11.8 Å². The van der Waals surface area contributed by atoms with Crippen LogP contribution in [0.3, 0.4) is 0 Å². The Hall–Kier alpha value is -1.99. The number of pyridine rings is 1. The molecule has 0 aliphatic rings. The number of carbonyl (C=O) groups is 2. The summed E-state index contributed by atoms with van der Waals surface area (Å²) in [5.74, 6) is -0.436. The Labute approximate surface area is 144 Å². The molecule has 0 saturated heterocycles. The molecule has 0 atom stereocenters. The minimum absolute atomic E-state index is 0.183. The van der Waals surface area contributed by atoms with E-state index in [9.17, 15) is 9.59 Å². The van der Waals surface area contributed by atoms with Crippen LogP contribution in [0.1, 0.15) is 33.7 Å². The fourth-order valence-corrected chi connectivity index (χ4v) is 2.08. The first-order valence-corrected chi connectivity index (χ1v) is 8.22. The summed E-state index contributed by atoms with van der Waals surface area (Å²) < 4.78 is 0. The van der Waals surface area contributed by atoms with Gasteiger partial charge in [0.2, 0.25) is 0 Å². The van der Waals surface area contributed by atoms with Crippen molar-refractivity contribution in [1.29, 1.82) is 0 Å². The van der Waals surface area contributed by atoms with Crippen LogP contribution >= 0.6 is 0 Å². The molecule has 0 aromatic carbocycles. The molecule has 7 heteroatoms. The maximum atomic E-state index is 12.1. The van der Waals surface area contributed by atoms with Crippen molar-refractivity contribution in [3.05, 3.63) is 29.6 Å². The Morgan fingerprint density at radius 3 is 2.04 bits per heavy atom. The van der Waals surface area contributed by atoms with E-state index < -0.39 is 0 Å². The highest BCUT2D eigenvalue weighted by Gasteiger charge is 2.11. The van der Waals surface area contributed by atoms with Gasteiger partial charge in [0.1, 0.15) is 5.69 Å². The molecule has 2 N–H and O–H groups in total. The zero-order chi connectivity index (χ0) is 17.9. The summed E-state index contributed by atoms with van der Waals surface area (Å²) in [7, 11) is 7.97. The second kappa shape index (κ2) is 10.7. The molecular formula is C17H29N5O2. The van der Waals surface area contributed by atoms with Gasteiger partial charge in [-0.25, -0.2) is 0 Å². The second-order valence-corrected chi connectivity index (χ2v) is 6.26. The second-order valence-electron chi connectivity index (χ2n) is 6.26. The van der Waals surface area contributed by atoms with Crippen molar-refractivity contribution in [3.8, 4) is 0 Å². The molecule has 0 aliphatic heterocycles. The normalized spacial score (nSPS) is 10.9. The Morgan fingerprint density at radius 1 is 0.958 bits per heavy atom. The summed E-state index contributed by atoms with van der Waals surface area (Å²) in [5, 5.41) is 5.67. The molecule has 0 unspecified atom stereocenters. The van der Waals surface area contributed by atoms with Crippen LogP contribution in [0.4, 0.5) is 0 Å². The standard InChI is InChI=1S/C17H29N5O2/c1-21(2)11-5-8-19-16(23)14-7-10-18-15(13-14)17(24)20-9-6-12-22(3)4/h7,10,13H,5-6,8-9,11-12H2,1-4H3,(H,19,23)(H,20,24). The van der Waals surface area contributed by atoms with Crippen LogP contribution in [0.25, 0.3) is 0 Å². The van der Waals surface area contributed by atoms with Crippen molar-refractivity contribution < 1.29 is 9.59 Å². The van der Waals surface area contributed by atoms with Crippen LogP contribution in [-0.2, 0) is 0 Å². The zero-order valence-corrected chi connectivity index (χ0v) is 15.1. The molecule has 0 spiro atoms. The van der Waals surface area contributed by atoms with E-state index in [1.165, 1.54) is 12.3 Å². The first-order chi connectivity index (χ1) is 11.4. The highest BCUT2D eigenvalue weighted by Crippen LogP contribution is 2.02. The molecule has 1 heterocycles. The Morgan fingerprint density at radius 2 is 1.50 bits per heavy atom. The van der Waals surface area contributed by atoms with Gasteiger partial charge in [0.15, 0.2) is 0 Å². The minimum Gasteiger partial charge on any atom is -0.352 e. The monoisotopic (exact) mass is 335 g/mol. The van der Waals surface area contributed by atoms with Crippen molar-refractivity contribution in [2.24, 2.45) is 0 Å². The third-order valence-corrected chi connectivity index (χ3v) is 3.39. The SMILES string of the molecule is CN(C)CCCNC(=O)c1ccnc(C(=O)NCCCN(C)C)c1. The van der Waals surface area contributed by atoms with Gasteiger partial charge in [0.05, 0.1) is 0 Å². The summed E-state index contributed by atoms with van der Waals surface area (Å²) in [4.78, 5) is 32.4. The van der Waals surface area contributed by atoms with Gasteiger partial charge in [0, 0.05) is 24.8 Å². The average molecular weight is 335 g/mol. The lowest BCUT2D eigenvalue weighted by molar-refractivity contribution is 0.0947. The molecule has 1 aromatic heterocycles. The fraction of sp³-hybridized carbons (Fsp3) is 0.588. The third kappa shape index (κ3) is 8.03. The predicted molar refractivity (Wildman–Crippen MR) is 95.2 cm³/mol. The molecule has 0 saturated carbocycles. The van der Waals surface area contributed by atoms with Crippen molar-refractivity contribution in [2.75, 3.05) is 54.4 Å². The van der Waals surface area contributed by atoms with Crippen molar-refractivity contribution in [1.82, 2.24) is 25.4 Å². The summed E-state index contributed by atoms with van der Waals surface area (Å²) in [6.45, 7) is 3.01. The number of nitrogens with one attached hydrogen (secondary N) is 2. The molecule has 0 bridgehead atoms. The van der Waals surface area contributed by atoms with Crippen LogP contribution in [0.15, 0.2) is 18.3 Å². The first kappa shape index (κ1) is 20.1. The predicted octanol–water partition coefficient (Wildman–Crippen LogP) is 0.445. The molecule has 1 rings (SSSR count). The van der Waals surface area contributed by atoms with E-state index in [2.05, 4.69) is 25.4 Å². The first-order valence-electron chi connectivity index (χ1n) is 8.22. The van der Waals surface area contributed by atoms with E-state index in [0.29, 0.717) is 18.7 Å². The maximum absolute atomic E-state index is 12.1. The molecule has 2 amide bonds. The van der Waals surface area contributed by atoms with Gasteiger partial charge < -0.3 is 20.4 Å². The molecule has 134 valence electrons. The Bertz CT molecular complexity index is 488. The van der Waals surface area contributed by atoms with Gasteiger partial charge in [-0.1, -0.05) is 0 Å². The summed E-state index contributed by atoms with van der Waals surface area (Å²) in [6, 6.07) is 3.15. The zero-order valence-electron chi connectivity index (χ0n) is 15.1. The molecule has 7 nitrogen and oxygen atoms in total. The molecular weight excluding hydrogens is 306 g/mol. The van der Waals surface area contributed by atoms with Crippen molar-refractivity contribution in [3.63, 3.8) is 0 Å². The maximum Gasteiger partial charge on any atom is 0.269 e. The highest BCUT2D eigenvalue weighted by molar-refractivity contribution is 5.98. The third-order valence-electron chi connectivity index (χ3n) is 3.39. The lowest BCUT2D eigenvalue weighted by atomic mass is 10.2. The van der Waals surface area contributed by atoms with Gasteiger partial charge in [-0.2, -0.15) is 0 Å². The van der Waals surface area contributed by atoms with E-state index >= 15 is 0 Å². The Balaban J connectivity index is 2.47. The number of aromatic nitrogens is 1. The number of nitrogens with zero attached hydrogens (tertiary/aromatic N) is 3. The lowest BCUT2D eigenvalue weighted by Crippen LogP contribution is -2.29. The van der Waals surface area contributed by atoms with Crippen molar-refractivity contribution >= 4 is 11.8 Å². The van der Waals surface area contributed by atoms with Gasteiger partial charge in [-0.3, -0.25) is 14.6 Å². The van der Waals surface area contributed by atoms with Crippen LogP contribution in [-0.4, -0.2) is 81.0 Å². The number of hydrogen-bond acceptors (Lipinski definition) is 5. The van der Waals surface area contributed by atoms with Gasteiger partial charge in [-0.05, 0) is 66.3 Å². The van der Waals surface area contributed by atoms with Gasteiger partial charge >= 0.3 is 0 Å². The van der Waals surface area contributed by atoms with E-state index in [0.717, 1.165) is 25.9 Å². The lowest BCUT2D eigenvalue weighted by Gasteiger charge is -2.11. The minimum atomic E-state index is -0.254. The topological polar surface area (TPSA) is 77.6 Å². The molecule has 0 radical (unpaired) electrons. The summed E-state index contributed by atoms with van der Waals surface area (Å²) in [5.41, 5.74) is 0.717.